The Bertz CT molecular complexity index is 1780. The molecular weight excluding hydrogens is 644 g/mol. The predicted octanol–water partition coefficient (Wildman–Crippen LogP) is 3.57. The third kappa shape index (κ3) is 7.59. The lowest BCUT2D eigenvalue weighted by atomic mass is 9.96. The van der Waals surface area contributed by atoms with E-state index in [1.165, 1.54) is 39.4 Å². The Balaban J connectivity index is 1.18. The molecule has 0 bridgehead atoms. The van der Waals surface area contributed by atoms with E-state index in [1.54, 1.807) is 37.5 Å². The van der Waals surface area contributed by atoms with Crippen LogP contribution in [0.1, 0.15) is 30.1 Å². The molecule has 1 N–H and O–H groups in total. The Morgan fingerprint density at radius 2 is 1.85 bits per heavy atom. The number of thioether (sulfide) groups is 1. The highest BCUT2D eigenvalue weighted by Crippen LogP contribution is 2.38. The van der Waals surface area contributed by atoms with Crippen LogP contribution in [0.2, 0.25) is 0 Å². The zero-order valence-electron chi connectivity index (χ0n) is 26.7. The van der Waals surface area contributed by atoms with Crippen molar-refractivity contribution in [3.8, 4) is 17.0 Å². The van der Waals surface area contributed by atoms with Crippen LogP contribution in [0.15, 0.2) is 53.9 Å². The number of amides is 3. The predicted molar refractivity (Wildman–Crippen MR) is 175 cm³/mol. The number of rotatable bonds is 10. The summed E-state index contributed by atoms with van der Waals surface area (Å²) in [5.74, 6) is -0.207. The van der Waals surface area contributed by atoms with E-state index in [4.69, 9.17) is 4.74 Å². The number of likely N-dealkylation sites (tertiary alicyclic amines) is 1. The molecule has 0 spiro atoms. The molecule has 2 saturated heterocycles. The summed E-state index contributed by atoms with van der Waals surface area (Å²) in [7, 11) is 0. The third-order valence-corrected chi connectivity index (χ3v) is 9.52. The van der Waals surface area contributed by atoms with Crippen molar-refractivity contribution >= 4 is 40.8 Å². The van der Waals surface area contributed by atoms with Gasteiger partial charge in [-0.15, -0.1) is 11.8 Å². The summed E-state index contributed by atoms with van der Waals surface area (Å²) in [6.07, 6.45) is 9.71. The first-order valence-corrected chi connectivity index (χ1v) is 17.0. The first kappa shape index (κ1) is 33.3. The van der Waals surface area contributed by atoms with Crippen LogP contribution in [-0.2, 0) is 16.1 Å². The highest BCUT2D eigenvalue weighted by molar-refractivity contribution is 7.98. The lowest BCUT2D eigenvalue weighted by molar-refractivity contribution is -0.133. The lowest BCUT2D eigenvalue weighted by Crippen LogP contribution is -2.50. The standard InChI is InChI=1S/C32H37F2N9O4S/c1-21(44)40-14-12-39(13-15-40)18-22-6-10-41(11-7-22)28(45)20-42-19-26(37-31(46)25-17-36-43-9-3-8-35-30(25)43)29(38-42)24-16-23(48-2)4-5-27(24)47-32(33)34/h3-5,8-9,16-17,19,22,32H,6-7,10-15,18,20H2,1-2H3,(H,37,46). The van der Waals surface area contributed by atoms with Crippen molar-refractivity contribution in [3.05, 3.63) is 54.6 Å². The number of carbonyl (C=O) groups excluding carboxylic acids is 3. The van der Waals surface area contributed by atoms with Crippen molar-refractivity contribution in [3.63, 3.8) is 0 Å². The van der Waals surface area contributed by atoms with E-state index < -0.39 is 12.5 Å². The average Bonchev–Trinajstić information content (AvgIpc) is 3.69. The molecule has 3 aromatic heterocycles. The molecule has 0 aliphatic carbocycles. The van der Waals surface area contributed by atoms with Gasteiger partial charge in [0, 0.05) is 81.8 Å². The van der Waals surface area contributed by atoms with Crippen molar-refractivity contribution in [1.29, 1.82) is 0 Å². The summed E-state index contributed by atoms with van der Waals surface area (Å²) >= 11 is 1.41. The van der Waals surface area contributed by atoms with Crippen LogP contribution < -0.4 is 10.1 Å². The van der Waals surface area contributed by atoms with Crippen molar-refractivity contribution in [2.24, 2.45) is 5.92 Å². The Kier molecular flexibility index (Phi) is 10.2. The number of piperazine rings is 1. The number of nitrogens with zero attached hydrogens (tertiary/aromatic N) is 8. The maximum Gasteiger partial charge on any atom is 0.387 e. The number of fused-ring (bicyclic) bond motifs is 1. The third-order valence-electron chi connectivity index (χ3n) is 8.79. The monoisotopic (exact) mass is 681 g/mol. The summed E-state index contributed by atoms with van der Waals surface area (Å²) in [6, 6.07) is 6.44. The molecule has 5 heterocycles. The zero-order valence-corrected chi connectivity index (χ0v) is 27.5. The summed E-state index contributed by atoms with van der Waals surface area (Å²) in [5.41, 5.74) is 1.18. The molecule has 6 rings (SSSR count). The minimum absolute atomic E-state index is 0.105. The fourth-order valence-corrected chi connectivity index (χ4v) is 6.64. The number of benzene rings is 1. The van der Waals surface area contributed by atoms with E-state index in [0.29, 0.717) is 24.7 Å². The van der Waals surface area contributed by atoms with Crippen molar-refractivity contribution in [2.75, 3.05) is 57.4 Å². The fraction of sp³-hybridized carbons (Fsp3) is 0.438. The van der Waals surface area contributed by atoms with Crippen LogP contribution in [-0.4, -0.2) is 115 Å². The van der Waals surface area contributed by atoms with Gasteiger partial charge in [0.1, 0.15) is 23.6 Å². The van der Waals surface area contributed by atoms with Gasteiger partial charge in [-0.2, -0.15) is 19.0 Å². The van der Waals surface area contributed by atoms with Gasteiger partial charge in [-0.05, 0) is 49.3 Å². The number of anilines is 1. The molecule has 2 aliphatic rings. The second kappa shape index (κ2) is 14.7. The Morgan fingerprint density at radius 3 is 2.56 bits per heavy atom. The molecule has 254 valence electrons. The Morgan fingerprint density at radius 1 is 1.08 bits per heavy atom. The van der Waals surface area contributed by atoms with Gasteiger partial charge in [0.2, 0.25) is 11.8 Å². The van der Waals surface area contributed by atoms with Crippen LogP contribution >= 0.6 is 11.8 Å². The van der Waals surface area contributed by atoms with Gasteiger partial charge in [-0.25, -0.2) is 9.50 Å². The zero-order chi connectivity index (χ0) is 33.8. The minimum atomic E-state index is -3.08. The number of piperidine rings is 1. The van der Waals surface area contributed by atoms with Crippen molar-refractivity contribution in [2.45, 2.75) is 37.8 Å². The minimum Gasteiger partial charge on any atom is -0.434 e. The largest absolute Gasteiger partial charge is 0.434 e. The summed E-state index contributed by atoms with van der Waals surface area (Å²) in [6.45, 7) is 3.79. The van der Waals surface area contributed by atoms with Gasteiger partial charge in [0.15, 0.2) is 5.65 Å². The average molecular weight is 682 g/mol. The maximum atomic E-state index is 13.5. The van der Waals surface area contributed by atoms with E-state index in [0.717, 1.165) is 50.5 Å². The van der Waals surface area contributed by atoms with Crippen molar-refractivity contribution in [1.82, 2.24) is 39.1 Å². The number of hydrogen-bond donors (Lipinski definition) is 1. The Labute approximate surface area is 280 Å². The molecule has 16 heteroatoms. The molecule has 4 aromatic rings. The van der Waals surface area contributed by atoms with Gasteiger partial charge in [-0.1, -0.05) is 0 Å². The van der Waals surface area contributed by atoms with Crippen LogP contribution in [0.3, 0.4) is 0 Å². The van der Waals surface area contributed by atoms with Crippen LogP contribution in [0.5, 0.6) is 5.75 Å². The molecular formula is C32H37F2N9O4S. The number of ether oxygens (including phenoxy) is 1. The molecule has 13 nitrogen and oxygen atoms in total. The number of hydrogen-bond acceptors (Lipinski definition) is 9. The SMILES string of the molecule is CSc1ccc(OC(F)F)c(-c2nn(CC(=O)N3CCC(CN4CCN(C(C)=O)CC4)CC3)cc2NC(=O)c2cnn3cccnc23)c1. The van der Waals surface area contributed by atoms with Crippen LogP contribution in [0.25, 0.3) is 16.9 Å². The highest BCUT2D eigenvalue weighted by atomic mass is 32.2. The lowest BCUT2D eigenvalue weighted by Gasteiger charge is -2.38. The quantitative estimate of drug-likeness (QED) is 0.250. The summed E-state index contributed by atoms with van der Waals surface area (Å²) in [4.78, 5) is 49.7. The topological polar surface area (TPSA) is 130 Å². The molecule has 3 amide bonds. The molecule has 0 radical (unpaired) electrons. The van der Waals surface area contributed by atoms with E-state index in [-0.39, 0.29) is 46.6 Å². The Hall–Kier alpha value is -4.57. The van der Waals surface area contributed by atoms with Gasteiger partial charge < -0.3 is 19.9 Å². The van der Waals surface area contributed by atoms with Gasteiger partial charge >= 0.3 is 6.61 Å². The summed E-state index contributed by atoms with van der Waals surface area (Å²) in [5, 5.41) is 11.6. The molecule has 0 saturated carbocycles. The summed E-state index contributed by atoms with van der Waals surface area (Å²) < 4.78 is 34.6. The van der Waals surface area contributed by atoms with Gasteiger partial charge in [0.25, 0.3) is 5.91 Å². The van der Waals surface area contributed by atoms with E-state index in [2.05, 4.69) is 25.4 Å². The van der Waals surface area contributed by atoms with E-state index in [1.807, 2.05) is 16.1 Å². The number of nitrogens with one attached hydrogen (secondary N) is 1. The van der Waals surface area contributed by atoms with Gasteiger partial charge in [0.05, 0.1) is 11.9 Å². The van der Waals surface area contributed by atoms with E-state index in [9.17, 15) is 23.2 Å². The van der Waals surface area contributed by atoms with E-state index >= 15 is 0 Å². The smallest absolute Gasteiger partial charge is 0.387 e. The molecule has 2 aliphatic heterocycles. The normalized spacial score (nSPS) is 16.1. The molecule has 1 aromatic carbocycles. The maximum absolute atomic E-state index is 13.5. The first-order chi connectivity index (χ1) is 23.2. The van der Waals surface area contributed by atoms with Gasteiger partial charge in [-0.3, -0.25) is 24.0 Å². The first-order valence-electron chi connectivity index (χ1n) is 15.7. The molecule has 48 heavy (non-hydrogen) atoms. The fourth-order valence-electron chi connectivity index (χ4n) is 6.20. The number of carbonyl (C=O) groups is 3. The second-order valence-electron chi connectivity index (χ2n) is 11.9. The van der Waals surface area contributed by atoms with Crippen LogP contribution in [0, 0.1) is 5.92 Å². The van der Waals surface area contributed by atoms with Crippen LogP contribution in [0.4, 0.5) is 14.5 Å². The molecule has 0 unspecified atom stereocenters. The molecule has 0 atom stereocenters. The van der Waals surface area contributed by atoms with Crippen molar-refractivity contribution < 1.29 is 27.9 Å². The second-order valence-corrected chi connectivity index (χ2v) is 12.7. The molecule has 2 fully saturated rings. The number of halogens is 2. The number of alkyl halides is 2. The highest BCUT2D eigenvalue weighted by Gasteiger charge is 2.28. The number of aromatic nitrogens is 5.